The lowest BCUT2D eigenvalue weighted by molar-refractivity contribution is 0.582. The zero-order valence-electron chi connectivity index (χ0n) is 16.0. The fourth-order valence-corrected chi connectivity index (χ4v) is 6.26. The van der Waals surface area contributed by atoms with Crippen LogP contribution in [0.4, 0.5) is 0 Å². The topological polar surface area (TPSA) is 68.3 Å². The molecular weight excluding hydrogens is 392 g/mol. The minimum atomic E-state index is -4.00. The Bertz CT molecular complexity index is 1210. The van der Waals surface area contributed by atoms with Crippen molar-refractivity contribution in [2.24, 2.45) is 0 Å². The van der Waals surface area contributed by atoms with E-state index in [-0.39, 0.29) is 19.6 Å². The minimum absolute atomic E-state index is 0.0719. The first-order valence-corrected chi connectivity index (χ1v) is 11.9. The lowest BCUT2D eigenvalue weighted by Crippen LogP contribution is -2.11. The quantitative estimate of drug-likeness (QED) is 0.615. The molecule has 3 aromatic carbocycles. The average Bonchev–Trinajstić information content (AvgIpc) is 2.68. The Kier molecular flexibility index (Phi) is 5.46. The van der Waals surface area contributed by atoms with Gasteiger partial charge in [0.05, 0.1) is 19.6 Å². The van der Waals surface area contributed by atoms with Crippen LogP contribution in [-0.4, -0.2) is 16.8 Å². The fourth-order valence-electron chi connectivity index (χ4n) is 2.89. The molecule has 0 aliphatic heterocycles. The largest absolute Gasteiger partial charge is 0.218 e. The molecule has 0 heterocycles. The Morgan fingerprint density at radius 1 is 0.607 bits per heavy atom. The normalized spacial score (nSPS) is 12.1. The molecule has 0 saturated heterocycles. The summed E-state index contributed by atoms with van der Waals surface area (Å²) in [4.78, 5) is -0.236. The van der Waals surface area contributed by atoms with Crippen molar-refractivity contribution >= 4 is 19.7 Å². The predicted molar refractivity (Wildman–Crippen MR) is 109 cm³/mol. The second-order valence-electron chi connectivity index (χ2n) is 6.77. The van der Waals surface area contributed by atoms with Gasteiger partial charge in [-0.3, -0.25) is 0 Å². The van der Waals surface area contributed by atoms with Gasteiger partial charge in [0.25, 0.3) is 0 Å². The standard InChI is InChI=1S/C22H22O4S2/c1-4-18-9-14-21(27(23,24)19-10-5-16(2)6-11-19)22(15-18)28(25,26)20-12-7-17(3)8-13-20/h5-15H,4H2,1-3H3. The highest BCUT2D eigenvalue weighted by Gasteiger charge is 2.29. The maximum atomic E-state index is 13.3. The van der Waals surface area contributed by atoms with Crippen LogP contribution in [0.3, 0.4) is 0 Å². The van der Waals surface area contributed by atoms with E-state index >= 15 is 0 Å². The Morgan fingerprint density at radius 3 is 1.46 bits per heavy atom. The summed E-state index contributed by atoms with van der Waals surface area (Å²) in [7, 11) is -7.99. The molecule has 0 atom stereocenters. The molecule has 146 valence electrons. The molecule has 0 amide bonds. The van der Waals surface area contributed by atoms with Gasteiger partial charge >= 0.3 is 0 Å². The lowest BCUT2D eigenvalue weighted by Gasteiger charge is -2.13. The third-order valence-corrected chi connectivity index (χ3v) is 8.42. The van der Waals surface area contributed by atoms with Crippen LogP contribution in [0.15, 0.2) is 86.3 Å². The molecule has 6 heteroatoms. The van der Waals surface area contributed by atoms with E-state index in [4.69, 9.17) is 0 Å². The van der Waals surface area contributed by atoms with Crippen LogP contribution in [0.1, 0.15) is 23.6 Å². The first-order chi connectivity index (χ1) is 13.2. The van der Waals surface area contributed by atoms with E-state index in [1.54, 1.807) is 30.3 Å². The molecule has 4 nitrogen and oxygen atoms in total. The molecule has 3 aromatic rings. The molecule has 0 aliphatic carbocycles. The van der Waals surface area contributed by atoms with Gasteiger partial charge in [-0.1, -0.05) is 48.4 Å². The van der Waals surface area contributed by atoms with Crippen LogP contribution >= 0.6 is 0 Å². The number of hydrogen-bond donors (Lipinski definition) is 0. The first kappa shape index (κ1) is 20.3. The van der Waals surface area contributed by atoms with E-state index < -0.39 is 19.7 Å². The fraction of sp³-hybridized carbons (Fsp3) is 0.182. The zero-order valence-corrected chi connectivity index (χ0v) is 17.6. The van der Waals surface area contributed by atoms with Crippen molar-refractivity contribution in [1.82, 2.24) is 0 Å². The maximum absolute atomic E-state index is 13.3. The predicted octanol–water partition coefficient (Wildman–Crippen LogP) is 4.53. The van der Waals surface area contributed by atoms with Gasteiger partial charge in [-0.15, -0.1) is 0 Å². The molecule has 0 N–H and O–H groups in total. The van der Waals surface area contributed by atoms with E-state index in [0.717, 1.165) is 16.7 Å². The smallest absolute Gasteiger partial charge is 0.207 e. The zero-order chi connectivity index (χ0) is 20.5. The first-order valence-electron chi connectivity index (χ1n) is 8.92. The summed E-state index contributed by atoms with van der Waals surface area (Å²) in [6, 6.07) is 17.3. The molecule has 0 aromatic heterocycles. The summed E-state index contributed by atoms with van der Waals surface area (Å²) >= 11 is 0. The average molecular weight is 415 g/mol. The third-order valence-electron chi connectivity index (χ3n) is 4.66. The highest BCUT2D eigenvalue weighted by Crippen LogP contribution is 2.32. The SMILES string of the molecule is CCc1ccc(S(=O)(=O)c2ccc(C)cc2)c(S(=O)(=O)c2ccc(C)cc2)c1. The summed E-state index contributed by atoms with van der Waals surface area (Å²) in [5.41, 5.74) is 2.61. The highest BCUT2D eigenvalue weighted by atomic mass is 32.2. The van der Waals surface area contributed by atoms with Gasteiger partial charge in [0, 0.05) is 0 Å². The van der Waals surface area contributed by atoms with Crippen molar-refractivity contribution in [3.8, 4) is 0 Å². The molecule has 0 spiro atoms. The minimum Gasteiger partial charge on any atom is -0.218 e. The van der Waals surface area contributed by atoms with Crippen LogP contribution in [0.2, 0.25) is 0 Å². The number of sulfone groups is 2. The van der Waals surface area contributed by atoms with Gasteiger partial charge in [-0.25, -0.2) is 16.8 Å². The molecule has 0 bridgehead atoms. The summed E-state index contributed by atoms with van der Waals surface area (Å²) in [5.74, 6) is 0. The molecule has 0 unspecified atom stereocenters. The van der Waals surface area contributed by atoms with E-state index in [2.05, 4.69) is 0 Å². The molecule has 0 radical (unpaired) electrons. The molecule has 0 fully saturated rings. The number of hydrogen-bond acceptors (Lipinski definition) is 4. The van der Waals surface area contributed by atoms with Crippen molar-refractivity contribution < 1.29 is 16.8 Å². The van der Waals surface area contributed by atoms with E-state index in [0.29, 0.717) is 6.42 Å². The number of benzene rings is 3. The molecule has 28 heavy (non-hydrogen) atoms. The number of aryl methyl sites for hydroxylation is 3. The Morgan fingerprint density at radius 2 is 1.04 bits per heavy atom. The van der Waals surface area contributed by atoms with Gasteiger partial charge in [-0.05, 0) is 62.2 Å². The summed E-state index contributed by atoms with van der Waals surface area (Å²) in [6.45, 7) is 5.62. The number of rotatable bonds is 5. The van der Waals surface area contributed by atoms with Crippen molar-refractivity contribution in [2.45, 2.75) is 46.8 Å². The van der Waals surface area contributed by atoms with E-state index in [1.165, 1.54) is 36.4 Å². The van der Waals surface area contributed by atoms with E-state index in [9.17, 15) is 16.8 Å². The van der Waals surface area contributed by atoms with Crippen molar-refractivity contribution in [1.29, 1.82) is 0 Å². The van der Waals surface area contributed by atoms with Gasteiger partial charge in [0.1, 0.15) is 0 Å². The van der Waals surface area contributed by atoms with Crippen LogP contribution < -0.4 is 0 Å². The van der Waals surface area contributed by atoms with Gasteiger partial charge in [0.15, 0.2) is 0 Å². The van der Waals surface area contributed by atoms with Crippen LogP contribution in [-0.2, 0) is 26.1 Å². The third kappa shape index (κ3) is 3.75. The molecule has 0 saturated carbocycles. The Balaban J connectivity index is 2.26. The lowest BCUT2D eigenvalue weighted by atomic mass is 10.2. The van der Waals surface area contributed by atoms with Crippen LogP contribution in [0.25, 0.3) is 0 Å². The van der Waals surface area contributed by atoms with Gasteiger partial charge in [-0.2, -0.15) is 0 Å². The monoisotopic (exact) mass is 414 g/mol. The van der Waals surface area contributed by atoms with Gasteiger partial charge < -0.3 is 0 Å². The summed E-state index contributed by atoms with van der Waals surface area (Å²) in [6.07, 6.45) is 0.598. The maximum Gasteiger partial charge on any atom is 0.207 e. The van der Waals surface area contributed by atoms with Crippen LogP contribution in [0.5, 0.6) is 0 Å². The second kappa shape index (κ2) is 7.53. The van der Waals surface area contributed by atoms with Crippen molar-refractivity contribution in [3.05, 3.63) is 83.4 Å². The summed E-state index contributed by atoms with van der Waals surface area (Å²) in [5, 5.41) is 0. The van der Waals surface area contributed by atoms with Gasteiger partial charge in [0.2, 0.25) is 19.7 Å². The molecular formula is C22H22O4S2. The van der Waals surface area contributed by atoms with Crippen molar-refractivity contribution in [2.75, 3.05) is 0 Å². The molecule has 3 rings (SSSR count). The second-order valence-corrected chi connectivity index (χ2v) is 10.6. The van der Waals surface area contributed by atoms with E-state index in [1.807, 2.05) is 20.8 Å². The van der Waals surface area contributed by atoms with Crippen molar-refractivity contribution in [3.63, 3.8) is 0 Å². The Hall–Kier alpha value is -2.44. The summed E-state index contributed by atoms with van der Waals surface area (Å²) < 4.78 is 53.1. The molecule has 0 aliphatic rings. The van der Waals surface area contributed by atoms with Crippen LogP contribution in [0, 0.1) is 13.8 Å². The highest BCUT2D eigenvalue weighted by molar-refractivity contribution is 7.94. The Labute approximate surface area is 166 Å².